The van der Waals surface area contributed by atoms with E-state index in [1.807, 2.05) is 12.1 Å². The van der Waals surface area contributed by atoms with Crippen LogP contribution in [0.3, 0.4) is 0 Å². The predicted molar refractivity (Wildman–Crippen MR) is 79.2 cm³/mol. The molecule has 0 unspecified atom stereocenters. The summed E-state index contributed by atoms with van der Waals surface area (Å²) in [6.07, 6.45) is 2.98. The third-order valence-electron chi connectivity index (χ3n) is 3.42. The minimum absolute atomic E-state index is 0.217. The molecule has 19 heavy (non-hydrogen) atoms. The Labute approximate surface area is 116 Å². The van der Waals surface area contributed by atoms with Crippen LogP contribution in [0.5, 0.6) is 0 Å². The van der Waals surface area contributed by atoms with E-state index >= 15 is 0 Å². The average molecular weight is 284 g/mol. The zero-order chi connectivity index (χ0) is 14.6. The topological polar surface area (TPSA) is 54.4 Å². The molecule has 0 amide bonds. The molecule has 4 heteroatoms. The lowest BCUT2D eigenvalue weighted by molar-refractivity contribution is 0.201. The lowest BCUT2D eigenvalue weighted by Crippen LogP contribution is -2.14. The van der Waals surface area contributed by atoms with Crippen LogP contribution in [0.4, 0.5) is 0 Å². The van der Waals surface area contributed by atoms with Crippen LogP contribution < -0.4 is 0 Å². The Morgan fingerprint density at radius 1 is 1.05 bits per heavy atom. The quantitative estimate of drug-likeness (QED) is 0.873. The van der Waals surface area contributed by atoms with E-state index < -0.39 is 15.9 Å². The van der Waals surface area contributed by atoms with Gasteiger partial charge < -0.3 is 5.11 Å². The van der Waals surface area contributed by atoms with Gasteiger partial charge in [-0.25, -0.2) is 8.42 Å². The summed E-state index contributed by atoms with van der Waals surface area (Å²) in [5.41, 5.74) is 4.48. The highest BCUT2D eigenvalue weighted by Gasteiger charge is 2.17. The van der Waals surface area contributed by atoms with E-state index in [2.05, 4.69) is 20.8 Å². The van der Waals surface area contributed by atoms with Gasteiger partial charge in [-0.3, -0.25) is 0 Å². The van der Waals surface area contributed by atoms with Gasteiger partial charge in [0.1, 0.15) is 9.84 Å². The number of hydrogen-bond donors (Lipinski definition) is 1. The fourth-order valence-electron chi connectivity index (χ4n) is 2.48. The molecule has 3 nitrogen and oxygen atoms in total. The molecule has 1 rings (SSSR count). The van der Waals surface area contributed by atoms with E-state index in [1.54, 1.807) is 0 Å². The Kier molecular flexibility index (Phi) is 5.56. The van der Waals surface area contributed by atoms with Crippen LogP contribution in [0.1, 0.15) is 49.1 Å². The summed E-state index contributed by atoms with van der Waals surface area (Å²) in [6.45, 7) is 6.29. The van der Waals surface area contributed by atoms with Crippen molar-refractivity contribution in [2.24, 2.45) is 0 Å². The number of rotatable bonds is 6. The number of aliphatic hydroxyl groups excluding tert-OH is 1. The van der Waals surface area contributed by atoms with Crippen LogP contribution in [-0.2, 0) is 29.1 Å². The first-order valence-corrected chi connectivity index (χ1v) is 8.88. The van der Waals surface area contributed by atoms with E-state index in [0.717, 1.165) is 31.1 Å². The van der Waals surface area contributed by atoms with Crippen LogP contribution in [0.15, 0.2) is 12.1 Å². The molecule has 1 atom stereocenters. The predicted octanol–water partition coefficient (Wildman–Crippen LogP) is 2.45. The fraction of sp³-hybridized carbons (Fsp3) is 0.600. The second-order valence-electron chi connectivity index (χ2n) is 4.99. The molecule has 0 saturated heterocycles. The summed E-state index contributed by atoms with van der Waals surface area (Å²) in [7, 11) is -3.18. The molecule has 1 aromatic carbocycles. The van der Waals surface area contributed by atoms with Crippen molar-refractivity contribution in [1.29, 1.82) is 0 Å². The highest BCUT2D eigenvalue weighted by Crippen LogP contribution is 2.24. The molecular weight excluding hydrogens is 260 g/mol. The van der Waals surface area contributed by atoms with Gasteiger partial charge in [-0.1, -0.05) is 32.9 Å². The Morgan fingerprint density at radius 2 is 1.53 bits per heavy atom. The smallest absolute Gasteiger partial charge is 0.150 e. The van der Waals surface area contributed by atoms with Crippen molar-refractivity contribution < 1.29 is 13.5 Å². The third kappa shape index (κ3) is 4.32. The van der Waals surface area contributed by atoms with Gasteiger partial charge in [0.25, 0.3) is 0 Å². The minimum Gasteiger partial charge on any atom is -0.387 e. The molecule has 0 radical (unpaired) electrons. The second-order valence-corrected chi connectivity index (χ2v) is 7.17. The standard InChI is InChI=1S/C15H24O3S/c1-5-11-8-13(15(16)10-19(4,17)18)9-12(6-2)14(11)7-3/h8-9,15-16H,5-7,10H2,1-4H3/t15-/m0/s1. The number of hydrogen-bond acceptors (Lipinski definition) is 3. The van der Waals surface area contributed by atoms with Gasteiger partial charge in [-0.2, -0.15) is 0 Å². The van der Waals surface area contributed by atoms with Gasteiger partial charge in [0.15, 0.2) is 0 Å². The van der Waals surface area contributed by atoms with E-state index in [4.69, 9.17) is 0 Å². The monoisotopic (exact) mass is 284 g/mol. The van der Waals surface area contributed by atoms with Gasteiger partial charge >= 0.3 is 0 Å². The number of sulfone groups is 1. The number of benzene rings is 1. The summed E-state index contributed by atoms with van der Waals surface area (Å²) in [4.78, 5) is 0. The molecule has 0 bridgehead atoms. The third-order valence-corrected chi connectivity index (χ3v) is 4.34. The Balaban J connectivity index is 3.22. The van der Waals surface area contributed by atoms with Crippen molar-refractivity contribution in [3.63, 3.8) is 0 Å². The maximum Gasteiger partial charge on any atom is 0.150 e. The summed E-state index contributed by atoms with van der Waals surface area (Å²) in [5, 5.41) is 10.1. The molecule has 0 aliphatic carbocycles. The summed E-state index contributed by atoms with van der Waals surface area (Å²) < 4.78 is 22.6. The normalized spacial score (nSPS) is 13.5. The summed E-state index contributed by atoms with van der Waals surface area (Å²) >= 11 is 0. The first-order valence-electron chi connectivity index (χ1n) is 6.82. The van der Waals surface area contributed by atoms with Crippen LogP contribution >= 0.6 is 0 Å². The van der Waals surface area contributed by atoms with Crippen LogP contribution in [0.2, 0.25) is 0 Å². The second kappa shape index (κ2) is 6.53. The molecule has 0 saturated carbocycles. The largest absolute Gasteiger partial charge is 0.387 e. The maximum absolute atomic E-state index is 11.3. The SMILES string of the molecule is CCc1cc([C@@H](O)CS(C)(=O)=O)cc(CC)c1CC. The van der Waals surface area contributed by atoms with E-state index in [1.165, 1.54) is 16.7 Å². The van der Waals surface area contributed by atoms with E-state index in [-0.39, 0.29) is 5.75 Å². The minimum atomic E-state index is -3.18. The molecule has 0 aliphatic rings. The fourth-order valence-corrected chi connectivity index (χ4v) is 3.25. The molecule has 0 fully saturated rings. The van der Waals surface area contributed by atoms with Gasteiger partial charge in [-0.15, -0.1) is 0 Å². The van der Waals surface area contributed by atoms with Crippen LogP contribution in [-0.4, -0.2) is 25.5 Å². The molecule has 1 aromatic rings. The molecule has 108 valence electrons. The number of aryl methyl sites for hydroxylation is 2. The highest BCUT2D eigenvalue weighted by molar-refractivity contribution is 7.90. The van der Waals surface area contributed by atoms with Crippen molar-refractivity contribution in [3.05, 3.63) is 34.4 Å². The van der Waals surface area contributed by atoms with Crippen LogP contribution in [0, 0.1) is 0 Å². The highest BCUT2D eigenvalue weighted by atomic mass is 32.2. The Bertz CT molecular complexity index is 507. The lowest BCUT2D eigenvalue weighted by atomic mass is 9.91. The molecule has 0 aromatic heterocycles. The lowest BCUT2D eigenvalue weighted by Gasteiger charge is -2.17. The molecular formula is C15H24O3S. The Hall–Kier alpha value is -0.870. The zero-order valence-corrected chi connectivity index (χ0v) is 13.0. The molecule has 0 spiro atoms. The maximum atomic E-state index is 11.3. The molecule has 0 heterocycles. The van der Waals surface area contributed by atoms with Crippen molar-refractivity contribution in [2.75, 3.05) is 12.0 Å². The summed E-state index contributed by atoms with van der Waals surface area (Å²) in [6, 6.07) is 3.90. The number of aliphatic hydroxyl groups is 1. The van der Waals surface area contributed by atoms with Crippen molar-refractivity contribution in [1.82, 2.24) is 0 Å². The molecule has 1 N–H and O–H groups in total. The first-order chi connectivity index (χ1) is 8.82. The van der Waals surface area contributed by atoms with Gasteiger partial charge in [0.05, 0.1) is 11.9 Å². The van der Waals surface area contributed by atoms with Gasteiger partial charge in [-0.05, 0) is 41.5 Å². The van der Waals surface area contributed by atoms with Crippen molar-refractivity contribution in [2.45, 2.75) is 46.1 Å². The van der Waals surface area contributed by atoms with E-state index in [0.29, 0.717) is 0 Å². The molecule has 0 aliphatic heterocycles. The van der Waals surface area contributed by atoms with Gasteiger partial charge in [0, 0.05) is 6.26 Å². The van der Waals surface area contributed by atoms with Crippen molar-refractivity contribution >= 4 is 9.84 Å². The van der Waals surface area contributed by atoms with Crippen molar-refractivity contribution in [3.8, 4) is 0 Å². The Morgan fingerprint density at radius 3 is 1.84 bits per heavy atom. The first kappa shape index (κ1) is 16.2. The van der Waals surface area contributed by atoms with Gasteiger partial charge in [0.2, 0.25) is 0 Å². The van der Waals surface area contributed by atoms with Crippen LogP contribution in [0.25, 0.3) is 0 Å². The summed E-state index contributed by atoms with van der Waals surface area (Å²) in [5.74, 6) is -0.217. The van der Waals surface area contributed by atoms with E-state index in [9.17, 15) is 13.5 Å². The zero-order valence-electron chi connectivity index (χ0n) is 12.2. The average Bonchev–Trinajstić information content (AvgIpc) is 2.34.